The van der Waals surface area contributed by atoms with E-state index in [0.29, 0.717) is 19.4 Å². The van der Waals surface area contributed by atoms with E-state index in [9.17, 15) is 4.79 Å². The Bertz CT molecular complexity index is 623. The van der Waals surface area contributed by atoms with Crippen LogP contribution >= 0.6 is 0 Å². The summed E-state index contributed by atoms with van der Waals surface area (Å²) >= 11 is 0. The first-order valence-corrected chi connectivity index (χ1v) is 7.63. The number of rotatable bonds is 8. The van der Waals surface area contributed by atoms with Crippen molar-refractivity contribution < 1.29 is 19.0 Å². The molecule has 0 fully saturated rings. The normalized spacial score (nSPS) is 10.2. The average molecular weight is 314 g/mol. The molecule has 0 heterocycles. The maximum Gasteiger partial charge on any atom is 0.306 e. The van der Waals surface area contributed by atoms with Gasteiger partial charge < -0.3 is 14.2 Å². The number of methoxy groups -OCH3 is 2. The predicted molar refractivity (Wildman–Crippen MR) is 89.0 cm³/mol. The molecule has 0 spiro atoms. The van der Waals surface area contributed by atoms with E-state index in [-0.39, 0.29) is 5.97 Å². The number of hydrogen-bond donors (Lipinski definition) is 0. The summed E-state index contributed by atoms with van der Waals surface area (Å²) in [6.45, 7) is 0.401. The molecule has 0 atom stereocenters. The highest BCUT2D eigenvalue weighted by atomic mass is 16.5. The first kappa shape index (κ1) is 16.9. The number of carbonyl (C=O) groups is 1. The van der Waals surface area contributed by atoms with E-state index in [0.717, 1.165) is 29.0 Å². The van der Waals surface area contributed by atoms with E-state index < -0.39 is 0 Å². The molecule has 0 aliphatic heterocycles. The van der Waals surface area contributed by atoms with Crippen LogP contribution in [-0.2, 0) is 22.4 Å². The van der Waals surface area contributed by atoms with Crippen LogP contribution in [0.15, 0.2) is 48.5 Å². The molecule has 2 aromatic rings. The molecule has 4 heteroatoms. The van der Waals surface area contributed by atoms with Gasteiger partial charge in [-0.1, -0.05) is 30.3 Å². The highest BCUT2D eigenvalue weighted by Crippen LogP contribution is 2.25. The highest BCUT2D eigenvalue weighted by Gasteiger charge is 2.09. The summed E-state index contributed by atoms with van der Waals surface area (Å²) in [6.07, 6.45) is 1.61. The van der Waals surface area contributed by atoms with E-state index in [1.54, 1.807) is 14.2 Å². The smallest absolute Gasteiger partial charge is 0.306 e. The lowest BCUT2D eigenvalue weighted by atomic mass is 10.1. The summed E-state index contributed by atoms with van der Waals surface area (Å²) < 4.78 is 15.8. The van der Waals surface area contributed by atoms with Crippen molar-refractivity contribution in [2.24, 2.45) is 0 Å². The van der Waals surface area contributed by atoms with Crippen LogP contribution in [0, 0.1) is 0 Å². The van der Waals surface area contributed by atoms with Crippen LogP contribution in [-0.4, -0.2) is 26.8 Å². The third kappa shape index (κ3) is 5.33. The van der Waals surface area contributed by atoms with Gasteiger partial charge in [0.25, 0.3) is 0 Å². The van der Waals surface area contributed by atoms with Crippen LogP contribution in [0.25, 0.3) is 0 Å². The number of ether oxygens (including phenoxy) is 3. The van der Waals surface area contributed by atoms with E-state index in [1.165, 1.54) is 0 Å². The van der Waals surface area contributed by atoms with E-state index in [1.807, 2.05) is 48.5 Å². The summed E-state index contributed by atoms with van der Waals surface area (Å²) in [7, 11) is 3.23. The quantitative estimate of drug-likeness (QED) is 0.700. The Morgan fingerprint density at radius 3 is 2.43 bits per heavy atom. The Morgan fingerprint density at radius 1 is 0.957 bits per heavy atom. The molecule has 2 rings (SSSR count). The summed E-state index contributed by atoms with van der Waals surface area (Å²) in [5.41, 5.74) is 2.10. The second-order valence-corrected chi connectivity index (χ2v) is 5.13. The van der Waals surface area contributed by atoms with Gasteiger partial charge in [-0.15, -0.1) is 0 Å². The monoisotopic (exact) mass is 314 g/mol. The Labute approximate surface area is 137 Å². The maximum atomic E-state index is 11.9. The van der Waals surface area contributed by atoms with Gasteiger partial charge >= 0.3 is 5.97 Å². The fraction of sp³-hybridized carbons (Fsp3) is 0.316. The molecule has 4 nitrogen and oxygen atoms in total. The highest BCUT2D eigenvalue weighted by molar-refractivity contribution is 5.70. The average Bonchev–Trinajstić information content (AvgIpc) is 2.60. The first-order chi connectivity index (χ1) is 11.2. The minimum atomic E-state index is -0.203. The maximum absolute atomic E-state index is 11.9. The van der Waals surface area contributed by atoms with Crippen molar-refractivity contribution in [3.8, 4) is 11.5 Å². The van der Waals surface area contributed by atoms with Crippen molar-refractivity contribution in [1.29, 1.82) is 0 Å². The van der Waals surface area contributed by atoms with Crippen molar-refractivity contribution >= 4 is 5.97 Å². The number of benzene rings is 2. The molecule has 0 saturated heterocycles. The summed E-state index contributed by atoms with van der Waals surface area (Å²) in [5, 5.41) is 0. The lowest BCUT2D eigenvalue weighted by molar-refractivity contribution is -0.143. The largest absolute Gasteiger partial charge is 0.497 e. The summed E-state index contributed by atoms with van der Waals surface area (Å²) in [5.74, 6) is 1.30. The first-order valence-electron chi connectivity index (χ1n) is 7.63. The molecule has 122 valence electrons. The Kier molecular flexibility index (Phi) is 6.48. The summed E-state index contributed by atoms with van der Waals surface area (Å²) in [4.78, 5) is 11.9. The zero-order valence-corrected chi connectivity index (χ0v) is 13.6. The van der Waals surface area contributed by atoms with Crippen LogP contribution in [0.4, 0.5) is 0 Å². The SMILES string of the molecule is COc1ccc(OC)c(CCC(=O)OCCc2ccccc2)c1. The molecule has 0 N–H and O–H groups in total. The van der Waals surface area contributed by atoms with Crippen LogP contribution in [0.1, 0.15) is 17.5 Å². The number of carbonyl (C=O) groups excluding carboxylic acids is 1. The van der Waals surface area contributed by atoms with Crippen LogP contribution < -0.4 is 9.47 Å². The zero-order valence-electron chi connectivity index (χ0n) is 13.6. The Balaban J connectivity index is 1.80. The van der Waals surface area contributed by atoms with Gasteiger partial charge in [0, 0.05) is 12.8 Å². The minimum absolute atomic E-state index is 0.203. The molecule has 0 aliphatic rings. The van der Waals surface area contributed by atoms with Gasteiger partial charge in [0.15, 0.2) is 0 Å². The van der Waals surface area contributed by atoms with Gasteiger partial charge in [-0.05, 0) is 35.7 Å². The molecule has 0 aliphatic carbocycles. The Hall–Kier alpha value is -2.49. The number of hydrogen-bond acceptors (Lipinski definition) is 4. The van der Waals surface area contributed by atoms with Gasteiger partial charge in [-0.3, -0.25) is 4.79 Å². The van der Waals surface area contributed by atoms with Crippen LogP contribution in [0.3, 0.4) is 0 Å². The van der Waals surface area contributed by atoms with Crippen molar-refractivity contribution in [3.05, 3.63) is 59.7 Å². The molecule has 0 unspecified atom stereocenters. The molecular formula is C19H22O4. The Morgan fingerprint density at radius 2 is 1.74 bits per heavy atom. The van der Waals surface area contributed by atoms with Crippen LogP contribution in [0.2, 0.25) is 0 Å². The fourth-order valence-electron chi connectivity index (χ4n) is 2.31. The molecule has 23 heavy (non-hydrogen) atoms. The van der Waals surface area contributed by atoms with Gasteiger partial charge in [0.2, 0.25) is 0 Å². The summed E-state index contributed by atoms with van der Waals surface area (Å²) in [6, 6.07) is 15.5. The van der Waals surface area contributed by atoms with Gasteiger partial charge in [-0.2, -0.15) is 0 Å². The van der Waals surface area contributed by atoms with Gasteiger partial charge in [-0.25, -0.2) is 0 Å². The van der Waals surface area contributed by atoms with Crippen LogP contribution in [0.5, 0.6) is 11.5 Å². The second-order valence-electron chi connectivity index (χ2n) is 5.13. The lowest BCUT2D eigenvalue weighted by Crippen LogP contribution is -2.09. The number of esters is 1. The van der Waals surface area contributed by atoms with E-state index in [2.05, 4.69) is 0 Å². The number of aryl methyl sites for hydroxylation is 1. The standard InChI is InChI=1S/C19H22O4/c1-21-17-9-10-18(22-2)16(14-17)8-11-19(20)23-13-12-15-6-4-3-5-7-15/h3-7,9-10,14H,8,11-13H2,1-2H3. The van der Waals surface area contributed by atoms with Crippen molar-refractivity contribution in [3.63, 3.8) is 0 Å². The van der Waals surface area contributed by atoms with E-state index in [4.69, 9.17) is 14.2 Å². The molecule has 0 bridgehead atoms. The topological polar surface area (TPSA) is 44.8 Å². The fourth-order valence-corrected chi connectivity index (χ4v) is 2.31. The molecule has 0 amide bonds. The van der Waals surface area contributed by atoms with Gasteiger partial charge in [0.1, 0.15) is 11.5 Å². The van der Waals surface area contributed by atoms with Gasteiger partial charge in [0.05, 0.1) is 20.8 Å². The van der Waals surface area contributed by atoms with Crippen molar-refractivity contribution in [2.75, 3.05) is 20.8 Å². The third-order valence-electron chi connectivity index (χ3n) is 3.58. The molecule has 0 radical (unpaired) electrons. The molecule has 2 aromatic carbocycles. The van der Waals surface area contributed by atoms with Crippen molar-refractivity contribution in [2.45, 2.75) is 19.3 Å². The zero-order chi connectivity index (χ0) is 16.5. The minimum Gasteiger partial charge on any atom is -0.497 e. The second kappa shape index (κ2) is 8.83. The lowest BCUT2D eigenvalue weighted by Gasteiger charge is -2.10. The predicted octanol–water partition coefficient (Wildman–Crippen LogP) is 3.42. The third-order valence-corrected chi connectivity index (χ3v) is 3.58. The van der Waals surface area contributed by atoms with E-state index >= 15 is 0 Å². The molecular weight excluding hydrogens is 292 g/mol. The molecule has 0 aromatic heterocycles. The van der Waals surface area contributed by atoms with Crippen molar-refractivity contribution in [1.82, 2.24) is 0 Å². The molecule has 0 saturated carbocycles.